The molecule has 6 heteroatoms. The molecule has 0 saturated heterocycles. The minimum Gasteiger partial charge on any atom is -0.382 e. The molecule has 0 fully saturated rings. The highest BCUT2D eigenvalue weighted by molar-refractivity contribution is 14.0. The van der Waals surface area contributed by atoms with E-state index in [1.54, 1.807) is 0 Å². The second kappa shape index (κ2) is 12.5. The zero-order valence-electron chi connectivity index (χ0n) is 15.5. The largest absolute Gasteiger partial charge is 0.382 e. The van der Waals surface area contributed by atoms with Gasteiger partial charge in [0.15, 0.2) is 5.96 Å². The van der Waals surface area contributed by atoms with Gasteiger partial charge >= 0.3 is 0 Å². The van der Waals surface area contributed by atoms with Gasteiger partial charge in [-0.25, -0.2) is 0 Å². The van der Waals surface area contributed by atoms with Gasteiger partial charge < -0.3 is 15.8 Å². The standard InChI is InChI=1S/C19H32N4O.HI/c1-3-18(14-22-19(20)21-11-7-13-24-4-2)23-12-10-16-8-5-6-9-17(16)15-23;/h5-6,8-9,18H,3-4,7,10-15H2,1-2H3,(H3,20,21,22);1H. The van der Waals surface area contributed by atoms with Crippen molar-refractivity contribution in [1.82, 2.24) is 10.2 Å². The van der Waals surface area contributed by atoms with E-state index in [-0.39, 0.29) is 24.0 Å². The molecule has 0 aliphatic carbocycles. The molecule has 1 atom stereocenters. The van der Waals surface area contributed by atoms with Crippen molar-refractivity contribution in [2.75, 3.05) is 32.8 Å². The number of hydrogen-bond acceptors (Lipinski definition) is 3. The summed E-state index contributed by atoms with van der Waals surface area (Å²) in [4.78, 5) is 7.08. The van der Waals surface area contributed by atoms with Crippen LogP contribution in [0.3, 0.4) is 0 Å². The van der Waals surface area contributed by atoms with Crippen LogP contribution in [0.25, 0.3) is 0 Å². The first-order chi connectivity index (χ1) is 11.7. The third kappa shape index (κ3) is 7.50. The summed E-state index contributed by atoms with van der Waals surface area (Å²) in [5.41, 5.74) is 8.92. The molecule has 5 nitrogen and oxygen atoms in total. The van der Waals surface area contributed by atoms with Gasteiger partial charge in [0.05, 0.1) is 6.54 Å². The first-order valence-corrected chi connectivity index (χ1v) is 9.17. The summed E-state index contributed by atoms with van der Waals surface area (Å²) in [6.07, 6.45) is 3.16. The normalized spacial score (nSPS) is 16.0. The van der Waals surface area contributed by atoms with Gasteiger partial charge in [-0.3, -0.25) is 9.89 Å². The highest BCUT2D eigenvalue weighted by Gasteiger charge is 2.21. The van der Waals surface area contributed by atoms with Crippen molar-refractivity contribution in [3.63, 3.8) is 0 Å². The van der Waals surface area contributed by atoms with Crippen LogP contribution in [0.1, 0.15) is 37.8 Å². The van der Waals surface area contributed by atoms with Crippen molar-refractivity contribution in [3.8, 4) is 0 Å². The van der Waals surface area contributed by atoms with Crippen LogP contribution in [0.5, 0.6) is 0 Å². The van der Waals surface area contributed by atoms with E-state index in [0.29, 0.717) is 12.0 Å². The average Bonchev–Trinajstić information content (AvgIpc) is 2.62. The number of rotatable bonds is 9. The van der Waals surface area contributed by atoms with Gasteiger partial charge in [-0.15, -0.1) is 24.0 Å². The zero-order valence-corrected chi connectivity index (χ0v) is 17.9. The van der Waals surface area contributed by atoms with Crippen LogP contribution in [0.4, 0.5) is 0 Å². The quantitative estimate of drug-likeness (QED) is 0.258. The molecule has 3 N–H and O–H groups in total. The maximum absolute atomic E-state index is 5.98. The van der Waals surface area contributed by atoms with Crippen LogP contribution in [-0.4, -0.2) is 49.7 Å². The van der Waals surface area contributed by atoms with E-state index < -0.39 is 0 Å². The molecule has 1 aromatic carbocycles. The fourth-order valence-electron chi connectivity index (χ4n) is 3.13. The zero-order chi connectivity index (χ0) is 17.2. The molecule has 1 aliphatic heterocycles. The molecule has 1 unspecified atom stereocenters. The number of guanidine groups is 1. The molecule has 1 aliphatic rings. The van der Waals surface area contributed by atoms with Gasteiger partial charge in [-0.2, -0.15) is 0 Å². The SMILES string of the molecule is CCOCCCNC(N)=NCC(CC)N1CCc2ccccc2C1.I. The lowest BCUT2D eigenvalue weighted by atomic mass is 9.98. The Balaban J connectivity index is 0.00000312. The second-order valence-electron chi connectivity index (χ2n) is 6.25. The number of halogens is 1. The van der Waals surface area contributed by atoms with Crippen molar-refractivity contribution < 1.29 is 4.74 Å². The van der Waals surface area contributed by atoms with Crippen LogP contribution in [0, 0.1) is 0 Å². The predicted octanol–water partition coefficient (Wildman–Crippen LogP) is 2.77. The molecule has 0 aromatic heterocycles. The summed E-state index contributed by atoms with van der Waals surface area (Å²) in [6, 6.07) is 9.20. The Labute approximate surface area is 169 Å². The van der Waals surface area contributed by atoms with E-state index in [9.17, 15) is 0 Å². The summed E-state index contributed by atoms with van der Waals surface area (Å²) < 4.78 is 5.31. The van der Waals surface area contributed by atoms with Crippen LogP contribution < -0.4 is 11.1 Å². The maximum atomic E-state index is 5.98. The molecule has 0 spiro atoms. The Kier molecular flexibility index (Phi) is 11.1. The Morgan fingerprint density at radius 2 is 2.08 bits per heavy atom. The Morgan fingerprint density at radius 1 is 1.32 bits per heavy atom. The van der Waals surface area contributed by atoms with E-state index in [1.165, 1.54) is 11.1 Å². The highest BCUT2D eigenvalue weighted by atomic mass is 127. The highest BCUT2D eigenvalue weighted by Crippen LogP contribution is 2.21. The molecular formula is C19H33IN4O. The van der Waals surface area contributed by atoms with Gasteiger partial charge in [-0.05, 0) is 37.3 Å². The number of nitrogens with one attached hydrogen (secondary N) is 1. The van der Waals surface area contributed by atoms with Crippen molar-refractivity contribution in [2.24, 2.45) is 10.7 Å². The molecular weight excluding hydrogens is 427 g/mol. The fraction of sp³-hybridized carbons (Fsp3) is 0.632. The van der Waals surface area contributed by atoms with Crippen LogP contribution in [-0.2, 0) is 17.7 Å². The van der Waals surface area contributed by atoms with Gasteiger partial charge in [0.25, 0.3) is 0 Å². The number of nitrogens with zero attached hydrogens (tertiary/aromatic N) is 2. The lowest BCUT2D eigenvalue weighted by molar-refractivity contribution is 0.145. The third-order valence-corrected chi connectivity index (χ3v) is 4.60. The lowest BCUT2D eigenvalue weighted by Gasteiger charge is -2.34. The first-order valence-electron chi connectivity index (χ1n) is 9.17. The molecule has 0 saturated carbocycles. The minimum atomic E-state index is 0. The van der Waals surface area contributed by atoms with E-state index >= 15 is 0 Å². The number of aliphatic imine (C=N–C) groups is 1. The minimum absolute atomic E-state index is 0. The van der Waals surface area contributed by atoms with E-state index in [4.69, 9.17) is 10.5 Å². The first kappa shape index (κ1) is 22.2. The Bertz CT molecular complexity index is 524. The second-order valence-corrected chi connectivity index (χ2v) is 6.25. The van der Waals surface area contributed by atoms with Crippen molar-refractivity contribution in [3.05, 3.63) is 35.4 Å². The Hall–Kier alpha value is -0.860. The lowest BCUT2D eigenvalue weighted by Crippen LogP contribution is -2.42. The van der Waals surface area contributed by atoms with Gasteiger partial charge in [0.1, 0.15) is 0 Å². The monoisotopic (exact) mass is 460 g/mol. The number of benzene rings is 1. The van der Waals surface area contributed by atoms with Gasteiger partial charge in [-0.1, -0.05) is 31.2 Å². The average molecular weight is 460 g/mol. The summed E-state index contributed by atoms with van der Waals surface area (Å²) in [6.45, 7) is 9.45. The molecule has 0 radical (unpaired) electrons. The van der Waals surface area contributed by atoms with Crippen molar-refractivity contribution in [1.29, 1.82) is 0 Å². The molecule has 1 heterocycles. The van der Waals surface area contributed by atoms with Crippen molar-refractivity contribution in [2.45, 2.75) is 45.7 Å². The summed E-state index contributed by atoms with van der Waals surface area (Å²) >= 11 is 0. The number of hydrogen-bond donors (Lipinski definition) is 2. The van der Waals surface area contributed by atoms with E-state index in [0.717, 1.165) is 58.7 Å². The molecule has 25 heavy (non-hydrogen) atoms. The van der Waals surface area contributed by atoms with E-state index in [1.807, 2.05) is 6.92 Å². The summed E-state index contributed by atoms with van der Waals surface area (Å²) in [5.74, 6) is 0.544. The summed E-state index contributed by atoms with van der Waals surface area (Å²) in [5, 5.41) is 3.17. The topological polar surface area (TPSA) is 62.9 Å². The smallest absolute Gasteiger partial charge is 0.188 e. The van der Waals surface area contributed by atoms with E-state index in [2.05, 4.69) is 46.4 Å². The number of fused-ring (bicyclic) bond motifs is 1. The van der Waals surface area contributed by atoms with Crippen molar-refractivity contribution >= 4 is 29.9 Å². The van der Waals surface area contributed by atoms with Crippen LogP contribution in [0.15, 0.2) is 29.3 Å². The predicted molar refractivity (Wildman–Crippen MR) is 116 cm³/mol. The number of nitrogens with two attached hydrogens (primary N) is 1. The summed E-state index contributed by atoms with van der Waals surface area (Å²) in [7, 11) is 0. The molecule has 0 amide bonds. The third-order valence-electron chi connectivity index (χ3n) is 4.60. The molecule has 1 aromatic rings. The Morgan fingerprint density at radius 3 is 2.80 bits per heavy atom. The van der Waals surface area contributed by atoms with Crippen LogP contribution in [0.2, 0.25) is 0 Å². The number of ether oxygens (including phenoxy) is 1. The molecule has 142 valence electrons. The fourth-order valence-corrected chi connectivity index (χ4v) is 3.13. The van der Waals surface area contributed by atoms with Gasteiger partial charge in [0.2, 0.25) is 0 Å². The van der Waals surface area contributed by atoms with Gasteiger partial charge in [0, 0.05) is 38.9 Å². The maximum Gasteiger partial charge on any atom is 0.188 e. The molecule has 2 rings (SSSR count). The van der Waals surface area contributed by atoms with Crippen LogP contribution >= 0.6 is 24.0 Å². The molecule has 0 bridgehead atoms.